The average Bonchev–Trinajstić information content (AvgIpc) is 3.16. The van der Waals surface area contributed by atoms with Crippen molar-refractivity contribution in [3.05, 3.63) is 29.7 Å². The maximum atomic E-state index is 11.5. The van der Waals surface area contributed by atoms with Crippen LogP contribution in [0.3, 0.4) is 0 Å². The van der Waals surface area contributed by atoms with Crippen LogP contribution in [0.15, 0.2) is 22.6 Å². The van der Waals surface area contributed by atoms with Gasteiger partial charge in [-0.25, -0.2) is 14.6 Å². The number of hydrogen-bond acceptors (Lipinski definition) is 8. The van der Waals surface area contributed by atoms with Crippen molar-refractivity contribution in [1.29, 1.82) is 0 Å². The topological polar surface area (TPSA) is 134 Å². The van der Waals surface area contributed by atoms with Crippen LogP contribution in [0.2, 0.25) is 0 Å². The van der Waals surface area contributed by atoms with E-state index in [4.69, 9.17) is 9.52 Å². The van der Waals surface area contributed by atoms with E-state index in [2.05, 4.69) is 20.4 Å². The first kappa shape index (κ1) is 18.4. The maximum Gasteiger partial charge on any atom is 0.356 e. The lowest BCUT2D eigenvalue weighted by molar-refractivity contribution is -0.120. The molecular formula is C15H18N4O6. The number of nitrogens with zero attached hydrogens (tertiary/aromatic N) is 2. The molecule has 134 valence electrons. The molecular weight excluding hydrogens is 332 g/mol. The standard InChI is InChI=1S/C12H9N3O5.C3H9NO/c1-19-11(17)5-2-3-7-6(13-5)4-8(20-7)9-10(16)15-12(18)14-9;1-4(2)3-5/h2-4,9H,1H3,(H2,14,15,16,18);5H,3H2,1-2H3. The third kappa shape index (κ3) is 4.31. The second-order valence-electron chi connectivity index (χ2n) is 5.34. The van der Waals surface area contributed by atoms with E-state index in [1.165, 1.54) is 19.2 Å². The number of esters is 1. The van der Waals surface area contributed by atoms with Crippen LogP contribution in [-0.4, -0.2) is 60.8 Å². The Balaban J connectivity index is 0.000000399. The van der Waals surface area contributed by atoms with E-state index in [9.17, 15) is 14.4 Å². The second-order valence-corrected chi connectivity index (χ2v) is 5.34. The first-order chi connectivity index (χ1) is 11.8. The van der Waals surface area contributed by atoms with Gasteiger partial charge in [-0.1, -0.05) is 0 Å². The molecule has 25 heavy (non-hydrogen) atoms. The van der Waals surface area contributed by atoms with Gasteiger partial charge in [0.05, 0.1) is 13.8 Å². The predicted molar refractivity (Wildman–Crippen MR) is 85.5 cm³/mol. The Hall–Kier alpha value is -2.98. The summed E-state index contributed by atoms with van der Waals surface area (Å²) in [6, 6.07) is 3.03. The molecule has 1 fully saturated rings. The summed E-state index contributed by atoms with van der Waals surface area (Å²) in [5.41, 5.74) is 0.936. The summed E-state index contributed by atoms with van der Waals surface area (Å²) >= 11 is 0. The van der Waals surface area contributed by atoms with Crippen LogP contribution >= 0.6 is 0 Å². The summed E-state index contributed by atoms with van der Waals surface area (Å²) in [6.45, 7) is 0.139. The molecule has 0 bridgehead atoms. The number of ether oxygens (including phenoxy) is 1. The SMILES string of the molecule is CN(C)CO.COC(=O)c1ccc2oc(C3NC(=O)NC3=O)cc2n1. The number of nitrogens with one attached hydrogen (secondary N) is 2. The Bertz CT molecular complexity index is 800. The van der Waals surface area contributed by atoms with Crippen LogP contribution in [0.4, 0.5) is 4.79 Å². The molecule has 0 aromatic carbocycles. The van der Waals surface area contributed by atoms with E-state index in [0.717, 1.165) is 0 Å². The minimum absolute atomic E-state index is 0.132. The van der Waals surface area contributed by atoms with Crippen LogP contribution in [0.25, 0.3) is 11.1 Å². The van der Waals surface area contributed by atoms with E-state index in [-0.39, 0.29) is 18.2 Å². The molecule has 1 saturated heterocycles. The Kier molecular flexibility index (Phi) is 5.67. The number of carbonyl (C=O) groups is 3. The third-order valence-electron chi connectivity index (χ3n) is 3.13. The quantitative estimate of drug-likeness (QED) is 0.400. The fraction of sp³-hybridized carbons (Fsp3) is 0.333. The molecule has 1 unspecified atom stereocenters. The molecule has 3 amide bonds. The van der Waals surface area contributed by atoms with Gasteiger partial charge in [0.25, 0.3) is 5.91 Å². The Morgan fingerprint density at radius 3 is 2.60 bits per heavy atom. The molecule has 2 aromatic heterocycles. The smallest absolute Gasteiger partial charge is 0.356 e. The van der Waals surface area contributed by atoms with Crippen LogP contribution in [-0.2, 0) is 9.53 Å². The number of imide groups is 1. The molecule has 10 heteroatoms. The van der Waals surface area contributed by atoms with Gasteiger partial charge in [0.2, 0.25) is 0 Å². The minimum Gasteiger partial charge on any atom is -0.464 e. The first-order valence-electron chi connectivity index (χ1n) is 7.21. The van der Waals surface area contributed by atoms with Crippen molar-refractivity contribution < 1.29 is 28.6 Å². The molecule has 1 aliphatic heterocycles. The fourth-order valence-corrected chi connectivity index (χ4v) is 1.92. The van der Waals surface area contributed by atoms with E-state index in [0.29, 0.717) is 11.1 Å². The van der Waals surface area contributed by atoms with Crippen molar-refractivity contribution in [2.24, 2.45) is 0 Å². The maximum absolute atomic E-state index is 11.5. The lowest BCUT2D eigenvalue weighted by Crippen LogP contribution is -2.22. The van der Waals surface area contributed by atoms with E-state index < -0.39 is 23.9 Å². The van der Waals surface area contributed by atoms with E-state index >= 15 is 0 Å². The average molecular weight is 350 g/mol. The second kappa shape index (κ2) is 7.73. The van der Waals surface area contributed by atoms with Gasteiger partial charge in [0.1, 0.15) is 17.0 Å². The Morgan fingerprint density at radius 2 is 2.08 bits per heavy atom. The summed E-state index contributed by atoms with van der Waals surface area (Å²) in [4.78, 5) is 39.7. The highest BCUT2D eigenvalue weighted by Gasteiger charge is 2.33. The highest BCUT2D eigenvalue weighted by molar-refractivity contribution is 6.04. The Labute approximate surface area is 142 Å². The third-order valence-corrected chi connectivity index (χ3v) is 3.13. The van der Waals surface area contributed by atoms with Crippen LogP contribution in [0.5, 0.6) is 0 Å². The van der Waals surface area contributed by atoms with Gasteiger partial charge in [-0.15, -0.1) is 0 Å². The molecule has 1 atom stereocenters. The summed E-state index contributed by atoms with van der Waals surface area (Å²) in [6.07, 6.45) is 0. The molecule has 10 nitrogen and oxygen atoms in total. The normalized spacial score (nSPS) is 16.3. The highest BCUT2D eigenvalue weighted by Crippen LogP contribution is 2.24. The number of fused-ring (bicyclic) bond motifs is 1. The number of urea groups is 1. The van der Waals surface area contributed by atoms with Crippen molar-refractivity contribution in [2.45, 2.75) is 6.04 Å². The number of aromatic nitrogens is 1. The molecule has 2 aromatic rings. The van der Waals surface area contributed by atoms with E-state index in [1.54, 1.807) is 25.1 Å². The van der Waals surface area contributed by atoms with Gasteiger partial charge in [-0.05, 0) is 26.2 Å². The van der Waals surface area contributed by atoms with E-state index in [1.807, 2.05) is 0 Å². The van der Waals surface area contributed by atoms with Crippen molar-refractivity contribution in [3.63, 3.8) is 0 Å². The molecule has 3 N–H and O–H groups in total. The van der Waals surface area contributed by atoms with Gasteiger partial charge < -0.3 is 19.6 Å². The minimum atomic E-state index is -0.890. The molecule has 3 rings (SSSR count). The van der Waals surface area contributed by atoms with Crippen LogP contribution in [0.1, 0.15) is 22.3 Å². The number of carbonyl (C=O) groups excluding carboxylic acids is 3. The van der Waals surface area contributed by atoms with Gasteiger partial charge in [-0.3, -0.25) is 15.0 Å². The molecule has 3 heterocycles. The number of rotatable bonds is 3. The lowest BCUT2D eigenvalue weighted by atomic mass is 10.2. The number of pyridine rings is 1. The number of furan rings is 1. The number of aliphatic hydroxyl groups is 1. The van der Waals surface area contributed by atoms with Crippen LogP contribution in [0, 0.1) is 0 Å². The zero-order valence-electron chi connectivity index (χ0n) is 13.9. The number of methoxy groups -OCH3 is 1. The monoisotopic (exact) mass is 350 g/mol. The number of hydrogen-bond donors (Lipinski definition) is 3. The predicted octanol–water partition coefficient (Wildman–Crippen LogP) is -0.00730. The van der Waals surface area contributed by atoms with Gasteiger partial charge in [0, 0.05) is 6.07 Å². The number of aliphatic hydroxyl groups excluding tert-OH is 1. The zero-order valence-corrected chi connectivity index (χ0v) is 13.9. The van der Waals surface area contributed by atoms with Crippen molar-refractivity contribution in [1.82, 2.24) is 20.5 Å². The zero-order chi connectivity index (χ0) is 18.6. The molecule has 0 aliphatic carbocycles. The van der Waals surface area contributed by atoms with Gasteiger partial charge in [0.15, 0.2) is 11.6 Å². The molecule has 0 spiro atoms. The Morgan fingerprint density at radius 1 is 1.40 bits per heavy atom. The molecule has 0 radical (unpaired) electrons. The molecule has 0 saturated carbocycles. The van der Waals surface area contributed by atoms with Gasteiger partial charge in [-0.2, -0.15) is 0 Å². The van der Waals surface area contributed by atoms with Crippen molar-refractivity contribution >= 4 is 29.0 Å². The van der Waals surface area contributed by atoms with Crippen LogP contribution < -0.4 is 10.6 Å². The van der Waals surface area contributed by atoms with Crippen molar-refractivity contribution in [2.75, 3.05) is 27.9 Å². The van der Waals surface area contributed by atoms with Crippen molar-refractivity contribution in [3.8, 4) is 0 Å². The molecule has 1 aliphatic rings. The summed E-state index contributed by atoms with van der Waals surface area (Å²) < 4.78 is 10.0. The summed E-state index contributed by atoms with van der Waals surface area (Å²) in [5, 5.41) is 12.6. The number of amides is 3. The summed E-state index contributed by atoms with van der Waals surface area (Å²) in [7, 11) is 4.87. The first-order valence-corrected chi connectivity index (χ1v) is 7.21. The summed E-state index contributed by atoms with van der Waals surface area (Å²) in [5.74, 6) is -0.818. The largest absolute Gasteiger partial charge is 0.464 e. The highest BCUT2D eigenvalue weighted by atomic mass is 16.5. The lowest BCUT2D eigenvalue weighted by Gasteiger charge is -2.00. The fourth-order valence-electron chi connectivity index (χ4n) is 1.92. The van der Waals surface area contributed by atoms with Gasteiger partial charge >= 0.3 is 12.0 Å².